The fraction of sp³-hybridized carbons (Fsp3) is 0.143. The number of benzene rings is 1. The Bertz CT molecular complexity index is 700. The minimum absolute atomic E-state index is 0.0543. The van der Waals surface area contributed by atoms with Crippen molar-refractivity contribution in [2.45, 2.75) is 6.92 Å². The van der Waals surface area contributed by atoms with Gasteiger partial charge in [0, 0.05) is 11.9 Å². The van der Waals surface area contributed by atoms with E-state index in [2.05, 4.69) is 20.0 Å². The van der Waals surface area contributed by atoms with Gasteiger partial charge in [-0.15, -0.1) is 0 Å². The Labute approximate surface area is 120 Å². The number of aromatic nitrogens is 2. The summed E-state index contributed by atoms with van der Waals surface area (Å²) in [7, 11) is 1.25. The molecule has 21 heavy (non-hydrogen) atoms. The van der Waals surface area contributed by atoms with Gasteiger partial charge in [0.25, 0.3) is 0 Å². The summed E-state index contributed by atoms with van der Waals surface area (Å²) in [4.78, 5) is 30.1. The van der Waals surface area contributed by atoms with E-state index in [1.807, 2.05) is 0 Å². The van der Waals surface area contributed by atoms with Crippen LogP contribution in [0.25, 0.3) is 0 Å². The third-order valence-corrected chi connectivity index (χ3v) is 2.75. The fourth-order valence-electron chi connectivity index (χ4n) is 1.75. The van der Waals surface area contributed by atoms with Crippen molar-refractivity contribution in [1.29, 1.82) is 0 Å². The van der Waals surface area contributed by atoms with Crippen LogP contribution in [0.15, 0.2) is 30.5 Å². The van der Waals surface area contributed by atoms with Gasteiger partial charge in [0.1, 0.15) is 5.82 Å². The molecule has 1 aromatic carbocycles. The number of carbonyl (C=O) groups is 2. The first-order valence-electron chi connectivity index (χ1n) is 6.03. The lowest BCUT2D eigenvalue weighted by Gasteiger charge is -2.08. The van der Waals surface area contributed by atoms with Crippen LogP contribution in [0, 0.1) is 6.92 Å². The van der Waals surface area contributed by atoms with Crippen LogP contribution in [0.4, 0.5) is 11.5 Å². The number of esters is 1. The number of methoxy groups -OCH3 is 1. The maximum absolute atomic E-state index is 11.4. The van der Waals surface area contributed by atoms with E-state index >= 15 is 0 Å². The normalized spacial score (nSPS) is 10.0. The zero-order chi connectivity index (χ0) is 15.4. The Balaban J connectivity index is 2.24. The third-order valence-electron chi connectivity index (χ3n) is 2.75. The van der Waals surface area contributed by atoms with Gasteiger partial charge in [-0.25, -0.2) is 19.6 Å². The Kier molecular flexibility index (Phi) is 4.13. The molecule has 0 bridgehead atoms. The number of aryl methyl sites for hydroxylation is 1. The molecule has 0 aliphatic heterocycles. The van der Waals surface area contributed by atoms with Gasteiger partial charge in [0.2, 0.25) is 5.82 Å². The molecule has 7 heteroatoms. The van der Waals surface area contributed by atoms with Crippen LogP contribution in [-0.2, 0) is 4.74 Å². The van der Waals surface area contributed by atoms with Crippen molar-refractivity contribution in [2.75, 3.05) is 12.4 Å². The van der Waals surface area contributed by atoms with Crippen molar-refractivity contribution < 1.29 is 19.4 Å². The second-order valence-corrected chi connectivity index (χ2v) is 4.22. The van der Waals surface area contributed by atoms with Crippen LogP contribution >= 0.6 is 0 Å². The quantitative estimate of drug-likeness (QED) is 0.829. The van der Waals surface area contributed by atoms with Crippen LogP contribution < -0.4 is 5.32 Å². The fourth-order valence-corrected chi connectivity index (χ4v) is 1.75. The average Bonchev–Trinajstić information content (AvgIpc) is 2.46. The SMILES string of the molecule is COC(=O)c1nccc(Nc2ccc(C(=O)O)c(C)c2)n1. The maximum Gasteiger partial charge on any atom is 0.376 e. The van der Waals surface area contributed by atoms with Crippen LogP contribution in [0.5, 0.6) is 0 Å². The second-order valence-electron chi connectivity index (χ2n) is 4.22. The summed E-state index contributed by atoms with van der Waals surface area (Å²) < 4.78 is 4.55. The van der Waals surface area contributed by atoms with Crippen LogP contribution in [0.3, 0.4) is 0 Å². The first-order valence-corrected chi connectivity index (χ1v) is 6.03. The molecule has 108 valence electrons. The predicted octanol–water partition coefficient (Wildman–Crippen LogP) is 2.01. The van der Waals surface area contributed by atoms with Gasteiger partial charge in [-0.1, -0.05) is 0 Å². The Morgan fingerprint density at radius 3 is 2.67 bits per heavy atom. The maximum atomic E-state index is 11.4. The lowest BCUT2D eigenvalue weighted by molar-refractivity contribution is 0.0586. The number of ether oxygens (including phenoxy) is 1. The number of anilines is 2. The van der Waals surface area contributed by atoms with E-state index in [0.717, 1.165) is 0 Å². The van der Waals surface area contributed by atoms with Gasteiger partial charge < -0.3 is 15.2 Å². The molecule has 7 nitrogen and oxygen atoms in total. The summed E-state index contributed by atoms with van der Waals surface area (Å²) >= 11 is 0. The number of hydrogen-bond donors (Lipinski definition) is 2. The smallest absolute Gasteiger partial charge is 0.376 e. The number of aromatic carboxylic acids is 1. The zero-order valence-corrected chi connectivity index (χ0v) is 11.5. The second kappa shape index (κ2) is 6.00. The highest BCUT2D eigenvalue weighted by atomic mass is 16.5. The highest BCUT2D eigenvalue weighted by Crippen LogP contribution is 2.18. The van der Waals surface area contributed by atoms with Crippen molar-refractivity contribution in [3.63, 3.8) is 0 Å². The number of carboxylic acid groups (broad SMARTS) is 1. The summed E-state index contributed by atoms with van der Waals surface area (Å²) in [5.74, 6) is -1.25. The van der Waals surface area contributed by atoms with Gasteiger partial charge in [0.05, 0.1) is 12.7 Å². The molecule has 0 amide bonds. The lowest BCUT2D eigenvalue weighted by atomic mass is 10.1. The number of carbonyl (C=O) groups excluding carboxylic acids is 1. The van der Waals surface area contributed by atoms with Crippen LogP contribution in [-0.4, -0.2) is 34.1 Å². The molecule has 0 aliphatic carbocycles. The van der Waals surface area contributed by atoms with Crippen LogP contribution in [0.2, 0.25) is 0 Å². The number of nitrogens with one attached hydrogen (secondary N) is 1. The molecule has 0 unspecified atom stereocenters. The summed E-state index contributed by atoms with van der Waals surface area (Å²) in [5, 5.41) is 12.0. The molecule has 0 spiro atoms. The van der Waals surface area contributed by atoms with Crippen LogP contribution in [0.1, 0.15) is 26.5 Å². The molecule has 0 saturated heterocycles. The minimum Gasteiger partial charge on any atom is -0.478 e. The van der Waals surface area contributed by atoms with Gasteiger partial charge in [0.15, 0.2) is 0 Å². The highest BCUT2D eigenvalue weighted by molar-refractivity contribution is 5.90. The molecule has 0 radical (unpaired) electrons. The summed E-state index contributed by atoms with van der Waals surface area (Å²) in [6.45, 7) is 1.70. The average molecular weight is 287 g/mol. The number of carboxylic acids is 1. The van der Waals surface area contributed by atoms with Gasteiger partial charge >= 0.3 is 11.9 Å². The molecule has 2 rings (SSSR count). The number of nitrogens with zero attached hydrogens (tertiary/aromatic N) is 2. The van der Waals surface area contributed by atoms with Crippen molar-refractivity contribution in [3.8, 4) is 0 Å². The number of rotatable bonds is 4. The standard InChI is InChI=1S/C14H13N3O4/c1-8-7-9(3-4-10(8)13(18)19)16-11-5-6-15-12(17-11)14(20)21-2/h3-7H,1-2H3,(H,18,19)(H,15,16,17). The van der Waals surface area contributed by atoms with E-state index in [1.165, 1.54) is 19.4 Å². The molecule has 0 atom stereocenters. The first-order chi connectivity index (χ1) is 10.0. The largest absolute Gasteiger partial charge is 0.478 e. The van der Waals surface area contributed by atoms with E-state index in [0.29, 0.717) is 17.1 Å². The minimum atomic E-state index is -0.978. The van der Waals surface area contributed by atoms with Crippen molar-refractivity contribution >= 4 is 23.4 Å². The Morgan fingerprint density at radius 1 is 1.29 bits per heavy atom. The van der Waals surface area contributed by atoms with E-state index in [9.17, 15) is 9.59 Å². The summed E-state index contributed by atoms with van der Waals surface area (Å²) in [5.41, 5.74) is 1.51. The molecular weight excluding hydrogens is 274 g/mol. The predicted molar refractivity (Wildman–Crippen MR) is 74.8 cm³/mol. The van der Waals surface area contributed by atoms with E-state index < -0.39 is 11.9 Å². The topological polar surface area (TPSA) is 101 Å². The Morgan fingerprint density at radius 2 is 2.05 bits per heavy atom. The molecule has 1 heterocycles. The molecule has 0 aliphatic rings. The van der Waals surface area contributed by atoms with Crippen molar-refractivity contribution in [2.24, 2.45) is 0 Å². The third kappa shape index (κ3) is 3.33. The summed E-state index contributed by atoms with van der Waals surface area (Å²) in [6.07, 6.45) is 1.43. The highest BCUT2D eigenvalue weighted by Gasteiger charge is 2.11. The molecule has 0 saturated carbocycles. The number of hydrogen-bond acceptors (Lipinski definition) is 6. The van der Waals surface area contributed by atoms with E-state index in [1.54, 1.807) is 25.1 Å². The van der Waals surface area contributed by atoms with E-state index in [4.69, 9.17) is 5.11 Å². The van der Waals surface area contributed by atoms with Crippen molar-refractivity contribution in [1.82, 2.24) is 9.97 Å². The molecule has 1 aromatic heterocycles. The molecular formula is C14H13N3O4. The monoisotopic (exact) mass is 287 g/mol. The van der Waals surface area contributed by atoms with E-state index in [-0.39, 0.29) is 11.4 Å². The van der Waals surface area contributed by atoms with Gasteiger partial charge in [-0.05, 0) is 36.8 Å². The summed E-state index contributed by atoms with van der Waals surface area (Å²) in [6, 6.07) is 6.40. The van der Waals surface area contributed by atoms with Gasteiger partial charge in [-0.3, -0.25) is 0 Å². The Hall–Kier alpha value is -2.96. The first kappa shape index (κ1) is 14.4. The van der Waals surface area contributed by atoms with Crippen molar-refractivity contribution in [3.05, 3.63) is 47.4 Å². The molecule has 2 N–H and O–H groups in total. The lowest BCUT2D eigenvalue weighted by Crippen LogP contribution is -2.08. The zero-order valence-electron chi connectivity index (χ0n) is 11.5. The molecule has 0 fully saturated rings. The van der Waals surface area contributed by atoms with Gasteiger partial charge in [-0.2, -0.15) is 0 Å². The molecule has 2 aromatic rings.